The van der Waals surface area contributed by atoms with Crippen LogP contribution in [-0.2, 0) is 13.1 Å². The maximum absolute atomic E-state index is 5.43. The number of nitrogens with zero attached hydrogens (tertiary/aromatic N) is 1. The number of rotatable bonds is 6. The maximum Gasteiger partial charge on any atom is 0.122 e. The van der Waals surface area contributed by atoms with Gasteiger partial charge in [0.15, 0.2) is 0 Å². The van der Waals surface area contributed by atoms with E-state index < -0.39 is 0 Å². The number of hydrogen-bond donors (Lipinski definition) is 1. The third-order valence-corrected chi connectivity index (χ3v) is 2.18. The first-order chi connectivity index (χ1) is 7.27. The Balaban J connectivity index is 2.53. The highest BCUT2D eigenvalue weighted by molar-refractivity contribution is 5.16. The van der Waals surface area contributed by atoms with Gasteiger partial charge < -0.3 is 9.73 Å². The first-order valence-electron chi connectivity index (χ1n) is 5.16. The van der Waals surface area contributed by atoms with Crippen molar-refractivity contribution >= 4 is 0 Å². The van der Waals surface area contributed by atoms with Gasteiger partial charge in [0.05, 0.1) is 19.4 Å². The molecule has 3 heteroatoms. The molecule has 1 rings (SSSR count). The molecule has 1 heterocycles. The van der Waals surface area contributed by atoms with E-state index in [9.17, 15) is 0 Å². The zero-order valence-electron chi connectivity index (χ0n) is 9.42. The molecule has 0 bridgehead atoms. The molecule has 1 N–H and O–H groups in total. The first-order valence-corrected chi connectivity index (χ1v) is 5.16. The van der Waals surface area contributed by atoms with Crippen molar-refractivity contribution in [1.29, 1.82) is 0 Å². The van der Waals surface area contributed by atoms with E-state index >= 15 is 0 Å². The first kappa shape index (κ1) is 11.8. The van der Waals surface area contributed by atoms with Crippen molar-refractivity contribution < 1.29 is 4.42 Å². The van der Waals surface area contributed by atoms with Gasteiger partial charge in [0.25, 0.3) is 0 Å². The summed E-state index contributed by atoms with van der Waals surface area (Å²) in [4.78, 5) is 2.05. The standard InChI is InChI=1S/C12H18N2O/c1-4-7-14(3)10-12-11(6-8-15-12)9-13-5-2/h1,6,8,13H,5,7,9-10H2,2-3H3. The lowest BCUT2D eigenvalue weighted by Gasteiger charge is -2.12. The molecule has 0 aliphatic carbocycles. The summed E-state index contributed by atoms with van der Waals surface area (Å²) in [6.45, 7) is 5.31. The zero-order valence-corrected chi connectivity index (χ0v) is 9.42. The quantitative estimate of drug-likeness (QED) is 0.714. The maximum atomic E-state index is 5.43. The Hall–Kier alpha value is -1.24. The molecule has 0 radical (unpaired) electrons. The van der Waals surface area contributed by atoms with Gasteiger partial charge in [-0.1, -0.05) is 12.8 Å². The van der Waals surface area contributed by atoms with Crippen molar-refractivity contribution in [1.82, 2.24) is 10.2 Å². The minimum Gasteiger partial charge on any atom is -0.468 e. The number of terminal acetylenes is 1. The number of hydrogen-bond acceptors (Lipinski definition) is 3. The predicted molar refractivity (Wildman–Crippen MR) is 61.3 cm³/mol. The van der Waals surface area contributed by atoms with Crippen LogP contribution in [0.25, 0.3) is 0 Å². The van der Waals surface area contributed by atoms with Crippen LogP contribution in [0, 0.1) is 12.3 Å². The Morgan fingerprint density at radius 2 is 2.40 bits per heavy atom. The van der Waals surface area contributed by atoms with Crippen molar-refractivity contribution in [2.24, 2.45) is 0 Å². The highest BCUT2D eigenvalue weighted by atomic mass is 16.3. The van der Waals surface area contributed by atoms with Gasteiger partial charge >= 0.3 is 0 Å². The van der Waals surface area contributed by atoms with Crippen LogP contribution in [-0.4, -0.2) is 25.0 Å². The summed E-state index contributed by atoms with van der Waals surface area (Å²) in [6, 6.07) is 2.00. The van der Waals surface area contributed by atoms with E-state index in [0.717, 1.165) is 25.4 Å². The summed E-state index contributed by atoms with van der Waals surface area (Å²) < 4.78 is 5.43. The van der Waals surface area contributed by atoms with Crippen molar-refractivity contribution in [2.45, 2.75) is 20.0 Å². The summed E-state index contributed by atoms with van der Waals surface area (Å²) in [6.07, 6.45) is 6.97. The lowest BCUT2D eigenvalue weighted by molar-refractivity contribution is 0.324. The SMILES string of the molecule is C#CCN(C)Cc1occc1CNCC. The normalized spacial score (nSPS) is 10.5. The molecule has 0 fully saturated rings. The molecule has 0 amide bonds. The Morgan fingerprint density at radius 3 is 3.07 bits per heavy atom. The summed E-state index contributed by atoms with van der Waals surface area (Å²) in [7, 11) is 1.99. The molecule has 0 spiro atoms. The molecule has 0 saturated carbocycles. The molecular weight excluding hydrogens is 188 g/mol. The van der Waals surface area contributed by atoms with Crippen LogP contribution in [0.5, 0.6) is 0 Å². The average Bonchev–Trinajstić information content (AvgIpc) is 2.63. The second kappa shape index (κ2) is 6.28. The van der Waals surface area contributed by atoms with Crippen LogP contribution < -0.4 is 5.32 Å². The molecule has 3 nitrogen and oxygen atoms in total. The zero-order chi connectivity index (χ0) is 11.1. The van der Waals surface area contributed by atoms with Crippen LogP contribution in [0.3, 0.4) is 0 Å². The van der Waals surface area contributed by atoms with Gasteiger partial charge in [-0.05, 0) is 19.7 Å². The molecule has 1 aromatic rings. The molecule has 0 unspecified atom stereocenters. The monoisotopic (exact) mass is 206 g/mol. The van der Waals surface area contributed by atoms with Gasteiger partial charge in [-0.2, -0.15) is 0 Å². The minimum absolute atomic E-state index is 0.640. The molecule has 0 saturated heterocycles. The van der Waals surface area contributed by atoms with Crippen molar-refractivity contribution in [2.75, 3.05) is 20.1 Å². The van der Waals surface area contributed by atoms with Crippen LogP contribution >= 0.6 is 0 Å². The molecule has 0 aliphatic rings. The topological polar surface area (TPSA) is 28.4 Å². The molecule has 0 aromatic carbocycles. The van der Waals surface area contributed by atoms with Crippen molar-refractivity contribution in [3.8, 4) is 12.3 Å². The van der Waals surface area contributed by atoms with Gasteiger partial charge in [-0.15, -0.1) is 6.42 Å². The summed E-state index contributed by atoms with van der Waals surface area (Å²) in [5.41, 5.74) is 1.21. The minimum atomic E-state index is 0.640. The largest absolute Gasteiger partial charge is 0.468 e. The van der Waals surface area contributed by atoms with Crippen LogP contribution in [0.1, 0.15) is 18.2 Å². The van der Waals surface area contributed by atoms with Gasteiger partial charge in [0.2, 0.25) is 0 Å². The van der Waals surface area contributed by atoms with Crippen LogP contribution in [0.2, 0.25) is 0 Å². The van der Waals surface area contributed by atoms with E-state index in [1.165, 1.54) is 5.56 Å². The fourth-order valence-corrected chi connectivity index (χ4v) is 1.38. The third kappa shape index (κ3) is 3.78. The molecule has 0 atom stereocenters. The van der Waals surface area contributed by atoms with E-state index in [1.807, 2.05) is 18.0 Å². The van der Waals surface area contributed by atoms with Crippen molar-refractivity contribution in [3.63, 3.8) is 0 Å². The fraction of sp³-hybridized carbons (Fsp3) is 0.500. The van der Waals surface area contributed by atoms with E-state index in [1.54, 1.807) is 6.26 Å². The summed E-state index contributed by atoms with van der Waals surface area (Å²) >= 11 is 0. The molecule has 0 aliphatic heterocycles. The average molecular weight is 206 g/mol. The summed E-state index contributed by atoms with van der Waals surface area (Å²) in [5.74, 6) is 3.61. The lowest BCUT2D eigenvalue weighted by Crippen LogP contribution is -2.19. The van der Waals surface area contributed by atoms with E-state index in [0.29, 0.717) is 6.54 Å². The second-order valence-electron chi connectivity index (χ2n) is 3.53. The molecule has 82 valence electrons. The van der Waals surface area contributed by atoms with E-state index in [2.05, 4.69) is 18.2 Å². The smallest absolute Gasteiger partial charge is 0.122 e. The van der Waals surface area contributed by atoms with Gasteiger partial charge in [-0.3, -0.25) is 4.90 Å². The van der Waals surface area contributed by atoms with E-state index in [-0.39, 0.29) is 0 Å². The van der Waals surface area contributed by atoms with Crippen molar-refractivity contribution in [3.05, 3.63) is 23.7 Å². The third-order valence-electron chi connectivity index (χ3n) is 2.18. The van der Waals surface area contributed by atoms with E-state index in [4.69, 9.17) is 10.8 Å². The van der Waals surface area contributed by atoms with Crippen LogP contribution in [0.15, 0.2) is 16.7 Å². The highest BCUT2D eigenvalue weighted by Crippen LogP contribution is 2.12. The molecule has 15 heavy (non-hydrogen) atoms. The second-order valence-corrected chi connectivity index (χ2v) is 3.53. The number of furan rings is 1. The lowest BCUT2D eigenvalue weighted by atomic mass is 10.2. The Labute approximate surface area is 91.5 Å². The number of nitrogens with one attached hydrogen (secondary N) is 1. The fourth-order valence-electron chi connectivity index (χ4n) is 1.38. The van der Waals surface area contributed by atoms with Crippen LogP contribution in [0.4, 0.5) is 0 Å². The van der Waals surface area contributed by atoms with Gasteiger partial charge in [0, 0.05) is 12.1 Å². The Morgan fingerprint density at radius 1 is 1.60 bits per heavy atom. The Bertz CT molecular complexity index is 325. The van der Waals surface area contributed by atoms with Gasteiger partial charge in [0.1, 0.15) is 5.76 Å². The predicted octanol–water partition coefficient (Wildman–Crippen LogP) is 1.45. The Kier molecular flexibility index (Phi) is 4.96. The molecule has 1 aromatic heterocycles. The van der Waals surface area contributed by atoms with Gasteiger partial charge in [-0.25, -0.2) is 0 Å². The summed E-state index contributed by atoms with van der Waals surface area (Å²) in [5, 5.41) is 3.28. The highest BCUT2D eigenvalue weighted by Gasteiger charge is 2.07. The molecular formula is C12H18N2O.